The van der Waals surface area contributed by atoms with Crippen LogP contribution in [0.25, 0.3) is 0 Å². The topological polar surface area (TPSA) is 108 Å². The molecule has 0 aliphatic carbocycles. The second kappa shape index (κ2) is 4.65. The lowest BCUT2D eigenvalue weighted by molar-refractivity contribution is 0.0691. The fourth-order valence-corrected chi connectivity index (χ4v) is 3.61. The van der Waals surface area contributed by atoms with Crippen molar-refractivity contribution in [3.63, 3.8) is 0 Å². The number of thiazole rings is 1. The molecular formula is C8H6N2O5S3. The number of anilines is 2. The van der Waals surface area contributed by atoms with Crippen LogP contribution in [0, 0.1) is 0 Å². The minimum atomic E-state index is -4.56. The van der Waals surface area contributed by atoms with Gasteiger partial charge in [0, 0.05) is 10.8 Å². The lowest BCUT2D eigenvalue weighted by Gasteiger charge is -2.15. The van der Waals surface area contributed by atoms with Crippen molar-refractivity contribution in [2.75, 3.05) is 4.31 Å². The van der Waals surface area contributed by atoms with Crippen molar-refractivity contribution >= 4 is 49.8 Å². The lowest BCUT2D eigenvalue weighted by Crippen LogP contribution is -2.24. The molecule has 0 fully saturated rings. The van der Waals surface area contributed by atoms with E-state index in [9.17, 15) is 17.8 Å². The van der Waals surface area contributed by atoms with E-state index in [0.717, 1.165) is 11.3 Å². The summed E-state index contributed by atoms with van der Waals surface area (Å²) in [5.74, 6) is -1.27. The van der Waals surface area contributed by atoms with E-state index in [-0.39, 0.29) is 16.5 Å². The molecule has 0 aromatic carbocycles. The standard InChI is InChI=1S/C8H6N2O5S3/c11-7(12)6-4-17-8(9-6)10(18(13,14)15)5-1-2-16-3-5/h1-4H,(H,11,12)(H,13,14,15). The van der Waals surface area contributed by atoms with E-state index in [4.69, 9.17) is 5.11 Å². The summed E-state index contributed by atoms with van der Waals surface area (Å²) >= 11 is 2.05. The number of aromatic carboxylic acids is 1. The molecule has 2 aromatic heterocycles. The van der Waals surface area contributed by atoms with Crippen LogP contribution in [-0.2, 0) is 10.3 Å². The molecule has 96 valence electrons. The Kier molecular flexibility index (Phi) is 3.34. The summed E-state index contributed by atoms with van der Waals surface area (Å²) in [5, 5.41) is 12.9. The molecule has 2 heterocycles. The average molecular weight is 306 g/mol. The molecule has 0 radical (unpaired) electrons. The first-order valence-electron chi connectivity index (χ1n) is 4.38. The van der Waals surface area contributed by atoms with Crippen LogP contribution < -0.4 is 4.31 Å². The highest BCUT2D eigenvalue weighted by Gasteiger charge is 2.26. The minimum absolute atomic E-state index is 0.131. The highest BCUT2D eigenvalue weighted by atomic mass is 32.2. The van der Waals surface area contributed by atoms with E-state index in [1.165, 1.54) is 28.2 Å². The number of carboxylic acids is 1. The van der Waals surface area contributed by atoms with Gasteiger partial charge in [0.25, 0.3) is 0 Å². The summed E-state index contributed by atoms with van der Waals surface area (Å²) < 4.78 is 32.4. The number of hydrogen-bond donors (Lipinski definition) is 2. The summed E-state index contributed by atoms with van der Waals surface area (Å²) in [5.41, 5.74) is -0.0762. The third-order valence-corrected chi connectivity index (χ3v) is 4.31. The molecule has 7 nitrogen and oxygen atoms in total. The zero-order valence-corrected chi connectivity index (χ0v) is 11.0. The molecule has 0 aliphatic rings. The Morgan fingerprint density at radius 3 is 2.56 bits per heavy atom. The normalized spacial score (nSPS) is 11.4. The summed E-state index contributed by atoms with van der Waals surface area (Å²) in [6, 6.07) is 1.47. The SMILES string of the molecule is O=C(O)c1csc(N(c2ccsc2)S(=O)(=O)O)n1. The van der Waals surface area contributed by atoms with Gasteiger partial charge in [-0.2, -0.15) is 24.1 Å². The van der Waals surface area contributed by atoms with Crippen LogP contribution in [0.4, 0.5) is 10.8 Å². The Hall–Kier alpha value is -1.49. The summed E-state index contributed by atoms with van der Waals surface area (Å²) in [6.45, 7) is 0. The molecule has 18 heavy (non-hydrogen) atoms. The maximum absolute atomic E-state index is 11.3. The molecule has 2 rings (SSSR count). The number of thiophene rings is 1. The van der Waals surface area contributed by atoms with Crippen molar-refractivity contribution in [1.82, 2.24) is 4.98 Å². The second-order valence-electron chi connectivity index (χ2n) is 3.04. The molecule has 0 amide bonds. The molecule has 0 bridgehead atoms. The van der Waals surface area contributed by atoms with Gasteiger partial charge in [-0.3, -0.25) is 4.55 Å². The van der Waals surface area contributed by atoms with E-state index in [1.54, 1.807) is 5.38 Å². The molecular weight excluding hydrogens is 300 g/mol. The summed E-state index contributed by atoms with van der Waals surface area (Å²) in [6.07, 6.45) is 0. The number of nitrogens with zero attached hydrogens (tertiary/aromatic N) is 2. The molecule has 0 aliphatic heterocycles. The van der Waals surface area contributed by atoms with Gasteiger partial charge in [-0.1, -0.05) is 0 Å². The lowest BCUT2D eigenvalue weighted by atomic mass is 10.5. The predicted octanol–water partition coefficient (Wildman–Crippen LogP) is 1.84. The largest absolute Gasteiger partial charge is 0.476 e. The fraction of sp³-hybridized carbons (Fsp3) is 0. The predicted molar refractivity (Wildman–Crippen MR) is 67.1 cm³/mol. The highest BCUT2D eigenvalue weighted by Crippen LogP contribution is 2.32. The van der Waals surface area contributed by atoms with Crippen molar-refractivity contribution in [3.8, 4) is 0 Å². The van der Waals surface area contributed by atoms with Gasteiger partial charge in [0.15, 0.2) is 5.69 Å². The zero-order chi connectivity index (χ0) is 13.3. The maximum Gasteiger partial charge on any atom is 0.366 e. The van der Waals surface area contributed by atoms with E-state index < -0.39 is 16.3 Å². The van der Waals surface area contributed by atoms with Crippen molar-refractivity contribution < 1.29 is 22.9 Å². The van der Waals surface area contributed by atoms with Crippen LogP contribution in [0.15, 0.2) is 22.2 Å². The van der Waals surface area contributed by atoms with E-state index in [0.29, 0.717) is 4.31 Å². The van der Waals surface area contributed by atoms with E-state index >= 15 is 0 Å². The van der Waals surface area contributed by atoms with E-state index in [2.05, 4.69) is 4.98 Å². The molecule has 10 heteroatoms. The number of carbonyl (C=O) groups is 1. The molecule has 2 N–H and O–H groups in total. The van der Waals surface area contributed by atoms with Crippen molar-refractivity contribution in [2.45, 2.75) is 0 Å². The second-order valence-corrected chi connectivity index (χ2v) is 5.92. The maximum atomic E-state index is 11.3. The van der Waals surface area contributed by atoms with Crippen LogP contribution >= 0.6 is 22.7 Å². The summed E-state index contributed by atoms with van der Waals surface area (Å²) in [4.78, 5) is 14.3. The van der Waals surface area contributed by atoms with Gasteiger partial charge in [0.05, 0.1) is 5.69 Å². The first-order valence-corrected chi connectivity index (χ1v) is 7.60. The highest BCUT2D eigenvalue weighted by molar-refractivity contribution is 7.87. The van der Waals surface area contributed by atoms with Crippen LogP contribution in [-0.4, -0.2) is 29.0 Å². The average Bonchev–Trinajstić information content (AvgIpc) is 2.86. The number of hydrogen-bond acceptors (Lipinski definition) is 6. The van der Waals surface area contributed by atoms with Crippen molar-refractivity contribution in [2.24, 2.45) is 0 Å². The van der Waals surface area contributed by atoms with E-state index in [1.807, 2.05) is 0 Å². The van der Waals surface area contributed by atoms with Crippen LogP contribution in [0.3, 0.4) is 0 Å². The third kappa shape index (κ3) is 2.51. The van der Waals surface area contributed by atoms with Gasteiger partial charge in [0.2, 0.25) is 5.13 Å². The Labute approximate surface area is 110 Å². The fourth-order valence-electron chi connectivity index (χ4n) is 1.17. The third-order valence-electron chi connectivity index (χ3n) is 1.86. The smallest absolute Gasteiger partial charge is 0.366 e. The van der Waals surface area contributed by atoms with Gasteiger partial charge in [-0.05, 0) is 11.4 Å². The van der Waals surface area contributed by atoms with Crippen LogP contribution in [0.5, 0.6) is 0 Å². The Morgan fingerprint density at radius 1 is 1.39 bits per heavy atom. The molecule has 0 saturated carbocycles. The van der Waals surface area contributed by atoms with Crippen molar-refractivity contribution in [1.29, 1.82) is 0 Å². The number of carboxylic acid groups (broad SMARTS) is 1. The van der Waals surface area contributed by atoms with Gasteiger partial charge in [-0.25, -0.2) is 9.78 Å². The van der Waals surface area contributed by atoms with Gasteiger partial charge >= 0.3 is 16.3 Å². The number of aromatic nitrogens is 1. The number of rotatable bonds is 4. The van der Waals surface area contributed by atoms with Gasteiger partial charge in [-0.15, -0.1) is 11.3 Å². The monoisotopic (exact) mass is 306 g/mol. The van der Waals surface area contributed by atoms with Crippen LogP contribution in [0.2, 0.25) is 0 Å². The minimum Gasteiger partial charge on any atom is -0.476 e. The molecule has 0 saturated heterocycles. The first kappa shape index (κ1) is 13.0. The Morgan fingerprint density at radius 2 is 2.11 bits per heavy atom. The van der Waals surface area contributed by atoms with Crippen LogP contribution in [0.1, 0.15) is 10.5 Å². The Bertz CT molecular complexity index is 661. The molecule has 0 spiro atoms. The Balaban J connectivity index is 2.51. The zero-order valence-electron chi connectivity index (χ0n) is 8.55. The van der Waals surface area contributed by atoms with Crippen molar-refractivity contribution in [3.05, 3.63) is 27.9 Å². The quantitative estimate of drug-likeness (QED) is 0.834. The summed E-state index contributed by atoms with van der Waals surface area (Å²) in [7, 11) is -4.56. The van der Waals surface area contributed by atoms with Gasteiger partial charge < -0.3 is 5.11 Å². The molecule has 0 atom stereocenters. The van der Waals surface area contributed by atoms with Gasteiger partial charge in [0.1, 0.15) is 0 Å². The first-order chi connectivity index (χ1) is 8.39. The molecule has 2 aromatic rings. The molecule has 0 unspecified atom stereocenters.